The summed E-state index contributed by atoms with van der Waals surface area (Å²) in [6.07, 6.45) is 2.77. The van der Waals surface area contributed by atoms with Gasteiger partial charge >= 0.3 is 0 Å². The first-order chi connectivity index (χ1) is 18.9. The van der Waals surface area contributed by atoms with E-state index in [4.69, 9.17) is 16.3 Å². The molecule has 0 bridgehead atoms. The van der Waals surface area contributed by atoms with Crippen molar-refractivity contribution in [2.45, 2.75) is 30.2 Å². The molecule has 0 aromatic heterocycles. The Labute approximate surface area is 236 Å². The van der Waals surface area contributed by atoms with Crippen LogP contribution < -0.4 is 4.74 Å². The van der Waals surface area contributed by atoms with Crippen LogP contribution in [0.15, 0.2) is 83.8 Å². The van der Waals surface area contributed by atoms with Crippen molar-refractivity contribution in [3.63, 3.8) is 0 Å². The van der Waals surface area contributed by atoms with Crippen molar-refractivity contribution in [1.29, 1.82) is 0 Å². The lowest BCUT2D eigenvalue weighted by Gasteiger charge is -2.39. The van der Waals surface area contributed by atoms with Crippen LogP contribution in [0.5, 0.6) is 5.75 Å². The standard InChI is InChI=1S/C30H34ClN3O4S/c31-27-22-26(39(36,37)34-16-8-3-9-17-34)14-15-28(27)38-23-29(35)32-18-20-33(21-19-32)30(24-10-4-1-5-11-24)25-12-6-2-7-13-25/h1-2,4-7,10-15,22,30H,3,8-9,16-21,23H2. The third-order valence-electron chi connectivity index (χ3n) is 7.47. The normalized spacial score (nSPS) is 17.3. The van der Waals surface area contributed by atoms with Gasteiger partial charge in [0.1, 0.15) is 5.75 Å². The highest BCUT2D eigenvalue weighted by molar-refractivity contribution is 7.89. The first-order valence-electron chi connectivity index (χ1n) is 13.5. The van der Waals surface area contributed by atoms with Crippen LogP contribution in [-0.2, 0) is 14.8 Å². The van der Waals surface area contributed by atoms with Crippen LogP contribution in [-0.4, -0.2) is 74.3 Å². The van der Waals surface area contributed by atoms with Gasteiger partial charge in [-0.25, -0.2) is 8.42 Å². The average molecular weight is 568 g/mol. The van der Waals surface area contributed by atoms with Gasteiger partial charge in [0.2, 0.25) is 10.0 Å². The lowest BCUT2D eigenvalue weighted by Crippen LogP contribution is -2.51. The van der Waals surface area contributed by atoms with Gasteiger partial charge in [0.25, 0.3) is 5.91 Å². The summed E-state index contributed by atoms with van der Waals surface area (Å²) < 4.78 is 33.1. The summed E-state index contributed by atoms with van der Waals surface area (Å²) in [5.41, 5.74) is 2.46. The van der Waals surface area contributed by atoms with Crippen molar-refractivity contribution in [3.05, 3.63) is 95.0 Å². The first-order valence-corrected chi connectivity index (χ1v) is 15.3. The molecule has 0 unspecified atom stereocenters. The molecule has 0 spiro atoms. The summed E-state index contributed by atoms with van der Waals surface area (Å²) >= 11 is 6.37. The van der Waals surface area contributed by atoms with Crippen molar-refractivity contribution >= 4 is 27.5 Å². The van der Waals surface area contributed by atoms with Crippen molar-refractivity contribution in [1.82, 2.24) is 14.1 Å². The van der Waals surface area contributed by atoms with Gasteiger partial charge in [0, 0.05) is 39.3 Å². The lowest BCUT2D eigenvalue weighted by molar-refractivity contribution is -0.135. The number of ether oxygens (including phenoxy) is 1. The number of nitrogens with zero attached hydrogens (tertiary/aromatic N) is 3. The predicted molar refractivity (Wildman–Crippen MR) is 152 cm³/mol. The number of piperidine rings is 1. The molecule has 2 aliphatic heterocycles. The molecule has 2 heterocycles. The van der Waals surface area contributed by atoms with E-state index in [0.717, 1.165) is 32.4 Å². The number of hydrogen-bond acceptors (Lipinski definition) is 5. The molecule has 0 atom stereocenters. The largest absolute Gasteiger partial charge is 0.482 e. The fourth-order valence-corrected chi connectivity index (χ4v) is 7.20. The van der Waals surface area contributed by atoms with Gasteiger partial charge in [0.15, 0.2) is 6.61 Å². The van der Waals surface area contributed by atoms with Crippen molar-refractivity contribution in [2.24, 2.45) is 0 Å². The van der Waals surface area contributed by atoms with E-state index in [9.17, 15) is 13.2 Å². The molecule has 5 rings (SSSR count). The molecule has 2 aliphatic rings. The molecule has 0 aliphatic carbocycles. The van der Waals surface area contributed by atoms with Crippen molar-refractivity contribution in [2.75, 3.05) is 45.9 Å². The maximum absolute atomic E-state index is 13.0. The number of halogens is 1. The number of benzene rings is 3. The molecule has 1 amide bonds. The Bertz CT molecular complexity index is 1320. The van der Waals surface area contributed by atoms with E-state index in [0.29, 0.717) is 31.9 Å². The maximum Gasteiger partial charge on any atom is 0.260 e. The molecule has 9 heteroatoms. The SMILES string of the molecule is O=C(COc1ccc(S(=O)(=O)N2CCCCC2)cc1Cl)N1CCN(C(c2ccccc2)c2ccccc2)CC1. The van der Waals surface area contributed by atoms with Crippen LogP contribution in [0, 0.1) is 0 Å². The number of rotatable bonds is 8. The van der Waals surface area contributed by atoms with E-state index in [1.54, 1.807) is 0 Å². The zero-order chi connectivity index (χ0) is 27.2. The van der Waals surface area contributed by atoms with Gasteiger partial charge in [-0.2, -0.15) is 4.31 Å². The summed E-state index contributed by atoms with van der Waals surface area (Å²) in [4.78, 5) is 17.3. The van der Waals surface area contributed by atoms with Crippen molar-refractivity contribution < 1.29 is 17.9 Å². The predicted octanol–water partition coefficient (Wildman–Crippen LogP) is 4.83. The molecule has 7 nitrogen and oxygen atoms in total. The Morgan fingerprint density at radius 2 is 1.38 bits per heavy atom. The van der Waals surface area contributed by atoms with Gasteiger partial charge < -0.3 is 9.64 Å². The second-order valence-corrected chi connectivity index (χ2v) is 12.3. The molecule has 3 aromatic rings. The fraction of sp³-hybridized carbons (Fsp3) is 0.367. The number of piperazine rings is 1. The third kappa shape index (κ3) is 6.47. The first kappa shape index (κ1) is 27.6. The molecule has 2 fully saturated rings. The molecular weight excluding hydrogens is 534 g/mol. The molecule has 206 valence electrons. The van der Waals surface area contributed by atoms with Gasteiger partial charge in [-0.1, -0.05) is 78.7 Å². The summed E-state index contributed by atoms with van der Waals surface area (Å²) in [6, 6.07) is 25.5. The van der Waals surface area contributed by atoms with E-state index < -0.39 is 10.0 Å². The van der Waals surface area contributed by atoms with Crippen LogP contribution in [0.4, 0.5) is 0 Å². The van der Waals surface area contributed by atoms with Gasteiger partial charge in [-0.15, -0.1) is 0 Å². The van der Waals surface area contributed by atoms with Crippen LogP contribution in [0.25, 0.3) is 0 Å². The highest BCUT2D eigenvalue weighted by Crippen LogP contribution is 2.31. The second kappa shape index (κ2) is 12.5. The van der Waals surface area contributed by atoms with Crippen LogP contribution in [0.2, 0.25) is 5.02 Å². The molecule has 39 heavy (non-hydrogen) atoms. The zero-order valence-electron chi connectivity index (χ0n) is 21.9. The summed E-state index contributed by atoms with van der Waals surface area (Å²) in [5, 5.41) is 0.180. The summed E-state index contributed by atoms with van der Waals surface area (Å²) in [5.74, 6) is 0.182. The molecule has 2 saturated heterocycles. The Hall–Kier alpha value is -2.91. The third-order valence-corrected chi connectivity index (χ3v) is 9.66. The number of hydrogen-bond donors (Lipinski definition) is 0. The van der Waals surface area contributed by atoms with Gasteiger partial charge in [0.05, 0.1) is 16.0 Å². The fourth-order valence-electron chi connectivity index (χ4n) is 5.36. The van der Waals surface area contributed by atoms with Crippen LogP contribution >= 0.6 is 11.6 Å². The minimum absolute atomic E-state index is 0.119. The van der Waals surface area contributed by atoms with Gasteiger partial charge in [-0.3, -0.25) is 9.69 Å². The number of sulfonamides is 1. The Kier molecular flexibility index (Phi) is 8.87. The summed E-state index contributed by atoms with van der Waals surface area (Å²) in [7, 11) is -3.59. The molecule has 3 aromatic carbocycles. The Balaban J connectivity index is 1.18. The van der Waals surface area contributed by atoms with Crippen LogP contribution in [0.1, 0.15) is 36.4 Å². The smallest absolute Gasteiger partial charge is 0.260 e. The number of amides is 1. The van der Waals surface area contributed by atoms with Crippen molar-refractivity contribution in [3.8, 4) is 5.75 Å². The van der Waals surface area contributed by atoms with E-state index in [1.165, 1.54) is 33.6 Å². The maximum atomic E-state index is 13.0. The monoisotopic (exact) mass is 567 g/mol. The van der Waals surface area contributed by atoms with E-state index in [1.807, 2.05) is 17.0 Å². The molecular formula is C30H34ClN3O4S. The van der Waals surface area contributed by atoms with Crippen LogP contribution in [0.3, 0.4) is 0 Å². The van der Waals surface area contributed by atoms with Gasteiger partial charge in [-0.05, 0) is 42.2 Å². The Morgan fingerprint density at radius 3 is 1.95 bits per heavy atom. The van der Waals surface area contributed by atoms with E-state index in [-0.39, 0.29) is 28.5 Å². The topological polar surface area (TPSA) is 70.2 Å². The average Bonchev–Trinajstić information content (AvgIpc) is 2.98. The second-order valence-electron chi connectivity index (χ2n) is 9.99. The summed E-state index contributed by atoms with van der Waals surface area (Å²) in [6.45, 7) is 3.57. The lowest BCUT2D eigenvalue weighted by atomic mass is 9.96. The zero-order valence-corrected chi connectivity index (χ0v) is 23.5. The van der Waals surface area contributed by atoms with E-state index >= 15 is 0 Å². The molecule has 0 N–H and O–H groups in total. The minimum atomic E-state index is -3.59. The quantitative estimate of drug-likeness (QED) is 0.390. The number of carbonyl (C=O) groups is 1. The highest BCUT2D eigenvalue weighted by Gasteiger charge is 2.29. The number of carbonyl (C=O) groups excluding carboxylic acids is 1. The Morgan fingerprint density at radius 1 is 0.795 bits per heavy atom. The highest BCUT2D eigenvalue weighted by atomic mass is 35.5. The van der Waals surface area contributed by atoms with E-state index in [2.05, 4.69) is 53.4 Å². The minimum Gasteiger partial charge on any atom is -0.482 e. The molecule has 0 radical (unpaired) electrons. The molecule has 0 saturated carbocycles.